The summed E-state index contributed by atoms with van der Waals surface area (Å²) in [4.78, 5) is 30.7. The van der Waals surface area contributed by atoms with E-state index in [0.29, 0.717) is 11.6 Å². The van der Waals surface area contributed by atoms with Gasteiger partial charge in [0.2, 0.25) is 6.79 Å². The number of carbonyl (C=O) groups is 2. The van der Waals surface area contributed by atoms with Gasteiger partial charge in [-0.25, -0.2) is 14.5 Å². The number of methoxy groups -OCH3 is 1. The Morgan fingerprint density at radius 2 is 1.22 bits per heavy atom. The van der Waals surface area contributed by atoms with Gasteiger partial charge in [0.1, 0.15) is 29.3 Å². The second-order valence-corrected chi connectivity index (χ2v) is 16.0. The zero-order valence-electron chi connectivity index (χ0n) is 34.6. The van der Waals surface area contributed by atoms with E-state index in [1.165, 1.54) is 7.11 Å². The Labute approximate surface area is 349 Å². The van der Waals surface area contributed by atoms with E-state index in [2.05, 4.69) is 46.6 Å². The molecule has 0 aliphatic rings. The molecule has 0 saturated carbocycles. The normalized spacial score (nSPS) is 12.0. The standard InChI is InChI=1S/C48H48N6O6/c1-46(2,3)45(56)60-32-59-44(55)41-42(47(4,5)57)49-40(31-58-6)53(41)30-33-26-28-34(29-27-33)38-24-16-17-25-39(38)43-50-51-52-54(43)48(35-18-10-7-11-19-35,36-20-12-8-13-21-36)37-22-14-9-15-23-37/h7-29,57H,30-32H2,1-6H3. The Bertz CT molecular complexity index is 2460. The Morgan fingerprint density at radius 1 is 0.683 bits per heavy atom. The van der Waals surface area contributed by atoms with Crippen LogP contribution in [0.15, 0.2) is 140 Å². The fourth-order valence-electron chi connectivity index (χ4n) is 7.35. The highest BCUT2D eigenvalue weighted by molar-refractivity contribution is 5.89. The van der Waals surface area contributed by atoms with Gasteiger partial charge in [0.05, 0.1) is 5.41 Å². The summed E-state index contributed by atoms with van der Waals surface area (Å²) in [5.41, 5.74) is 3.38. The monoisotopic (exact) mass is 804 g/mol. The van der Waals surface area contributed by atoms with Gasteiger partial charge in [-0.3, -0.25) is 4.79 Å². The zero-order chi connectivity index (χ0) is 42.5. The van der Waals surface area contributed by atoms with Gasteiger partial charge in [0.25, 0.3) is 0 Å². The summed E-state index contributed by atoms with van der Waals surface area (Å²) in [7, 11) is 1.53. The Balaban J connectivity index is 1.28. The van der Waals surface area contributed by atoms with Crippen LogP contribution in [-0.2, 0) is 43.3 Å². The number of carbonyl (C=O) groups excluding carboxylic acids is 2. The minimum absolute atomic E-state index is 0.0290. The van der Waals surface area contributed by atoms with Crippen molar-refractivity contribution >= 4 is 11.9 Å². The zero-order valence-corrected chi connectivity index (χ0v) is 34.6. The number of ether oxygens (including phenoxy) is 3. The van der Waals surface area contributed by atoms with Gasteiger partial charge in [0.15, 0.2) is 11.5 Å². The molecule has 0 amide bonds. The molecular formula is C48H48N6O6. The molecule has 0 bridgehead atoms. The maximum Gasteiger partial charge on any atom is 0.359 e. The van der Waals surface area contributed by atoms with E-state index in [1.54, 1.807) is 39.2 Å². The first-order valence-electron chi connectivity index (χ1n) is 19.6. The number of rotatable bonds is 14. The third-order valence-electron chi connectivity index (χ3n) is 10.2. The summed E-state index contributed by atoms with van der Waals surface area (Å²) in [6, 6.07) is 46.8. The van der Waals surface area contributed by atoms with Crippen molar-refractivity contribution in [1.82, 2.24) is 29.8 Å². The van der Waals surface area contributed by atoms with Crippen molar-refractivity contribution in [1.29, 1.82) is 0 Å². The number of imidazole rings is 1. The minimum Gasteiger partial charge on any atom is -0.427 e. The molecule has 0 fully saturated rings. The summed E-state index contributed by atoms with van der Waals surface area (Å²) in [6.07, 6.45) is 0. The van der Waals surface area contributed by atoms with Gasteiger partial charge in [-0.15, -0.1) is 5.10 Å². The lowest BCUT2D eigenvalue weighted by atomic mass is 9.77. The SMILES string of the molecule is COCc1nc(C(C)(C)O)c(C(=O)OCOC(=O)C(C)(C)C)n1Cc1ccc(-c2ccccc2-c2nnnn2C(c2ccccc2)(c2ccccc2)c2ccccc2)cc1. The van der Waals surface area contributed by atoms with Crippen LogP contribution in [-0.4, -0.2) is 60.7 Å². The van der Waals surface area contributed by atoms with Gasteiger partial charge in [-0.05, 0) is 78.4 Å². The van der Waals surface area contributed by atoms with Crippen LogP contribution in [0.2, 0.25) is 0 Å². The van der Waals surface area contributed by atoms with Crippen LogP contribution in [0, 0.1) is 5.41 Å². The molecule has 0 saturated heterocycles. The highest BCUT2D eigenvalue weighted by Crippen LogP contribution is 2.43. The summed E-state index contributed by atoms with van der Waals surface area (Å²) in [5, 5.41) is 24.9. The number of hydrogen-bond donors (Lipinski definition) is 1. The predicted molar refractivity (Wildman–Crippen MR) is 226 cm³/mol. The second kappa shape index (κ2) is 17.2. The van der Waals surface area contributed by atoms with Crippen molar-refractivity contribution in [2.75, 3.05) is 13.9 Å². The molecule has 0 radical (unpaired) electrons. The van der Waals surface area contributed by atoms with Gasteiger partial charge in [-0.2, -0.15) is 0 Å². The maximum absolute atomic E-state index is 13.7. The number of aromatic nitrogens is 6. The Hall–Kier alpha value is -6.76. The van der Waals surface area contributed by atoms with Gasteiger partial charge in [-0.1, -0.05) is 140 Å². The highest BCUT2D eigenvalue weighted by atomic mass is 16.7. The maximum atomic E-state index is 13.7. The van der Waals surface area contributed by atoms with Crippen molar-refractivity contribution < 1.29 is 28.9 Å². The molecule has 0 atom stereocenters. The second-order valence-electron chi connectivity index (χ2n) is 16.0. The molecule has 7 rings (SSSR count). The molecule has 12 heteroatoms. The summed E-state index contributed by atoms with van der Waals surface area (Å²) in [5.74, 6) is -0.338. The average molecular weight is 805 g/mol. The first kappa shape index (κ1) is 41.4. The van der Waals surface area contributed by atoms with E-state index in [4.69, 9.17) is 24.5 Å². The number of tetrazole rings is 1. The highest BCUT2D eigenvalue weighted by Gasteiger charge is 2.42. The Morgan fingerprint density at radius 3 is 1.73 bits per heavy atom. The molecule has 306 valence electrons. The predicted octanol–water partition coefficient (Wildman–Crippen LogP) is 8.17. The van der Waals surface area contributed by atoms with Crippen LogP contribution in [0.3, 0.4) is 0 Å². The number of nitrogens with zero attached hydrogens (tertiary/aromatic N) is 6. The molecule has 12 nitrogen and oxygen atoms in total. The largest absolute Gasteiger partial charge is 0.427 e. The van der Waals surface area contributed by atoms with Crippen molar-refractivity contribution in [3.63, 3.8) is 0 Å². The van der Waals surface area contributed by atoms with Crippen molar-refractivity contribution in [3.05, 3.63) is 179 Å². The molecule has 7 aromatic rings. The van der Waals surface area contributed by atoms with Crippen LogP contribution in [0.1, 0.15) is 78.9 Å². The van der Waals surface area contributed by atoms with Gasteiger partial charge < -0.3 is 23.9 Å². The molecule has 0 spiro atoms. The van der Waals surface area contributed by atoms with E-state index in [0.717, 1.165) is 38.9 Å². The lowest BCUT2D eigenvalue weighted by molar-refractivity contribution is -0.161. The summed E-state index contributed by atoms with van der Waals surface area (Å²) >= 11 is 0. The molecule has 0 aliphatic heterocycles. The van der Waals surface area contributed by atoms with Gasteiger partial charge >= 0.3 is 11.9 Å². The van der Waals surface area contributed by atoms with E-state index in [9.17, 15) is 14.7 Å². The smallest absolute Gasteiger partial charge is 0.359 e. The molecule has 2 aromatic heterocycles. The number of esters is 2. The molecule has 5 aromatic carbocycles. The number of aliphatic hydroxyl groups is 1. The number of benzene rings is 5. The van der Waals surface area contributed by atoms with E-state index >= 15 is 0 Å². The molecule has 2 heterocycles. The third-order valence-corrected chi connectivity index (χ3v) is 10.2. The van der Waals surface area contributed by atoms with Crippen molar-refractivity contribution in [2.24, 2.45) is 5.41 Å². The molecule has 0 unspecified atom stereocenters. The van der Waals surface area contributed by atoms with Crippen molar-refractivity contribution in [2.45, 2.75) is 58.9 Å². The first-order valence-corrected chi connectivity index (χ1v) is 19.6. The van der Waals surface area contributed by atoms with Gasteiger partial charge in [0, 0.05) is 19.2 Å². The lowest BCUT2D eigenvalue weighted by Crippen LogP contribution is -2.39. The molecular weight excluding hydrogens is 757 g/mol. The fourth-order valence-corrected chi connectivity index (χ4v) is 7.35. The topological polar surface area (TPSA) is 143 Å². The van der Waals surface area contributed by atoms with Crippen LogP contribution >= 0.6 is 0 Å². The van der Waals surface area contributed by atoms with Crippen LogP contribution < -0.4 is 0 Å². The van der Waals surface area contributed by atoms with Crippen LogP contribution in [0.4, 0.5) is 0 Å². The summed E-state index contributed by atoms with van der Waals surface area (Å²) in [6.45, 7) is 7.86. The quantitative estimate of drug-likeness (QED) is 0.0650. The van der Waals surface area contributed by atoms with Crippen LogP contribution in [0.5, 0.6) is 0 Å². The average Bonchev–Trinajstić information content (AvgIpc) is 3.88. The molecule has 60 heavy (non-hydrogen) atoms. The van der Waals surface area contributed by atoms with E-state index < -0.39 is 35.3 Å². The van der Waals surface area contributed by atoms with E-state index in [-0.39, 0.29) is 24.5 Å². The fraction of sp³-hybridized carbons (Fsp3) is 0.250. The van der Waals surface area contributed by atoms with E-state index in [1.807, 2.05) is 108 Å². The lowest BCUT2D eigenvalue weighted by Gasteiger charge is -2.36. The first-order chi connectivity index (χ1) is 28.8. The molecule has 1 N–H and O–H groups in total. The number of hydrogen-bond acceptors (Lipinski definition) is 10. The van der Waals surface area contributed by atoms with Crippen molar-refractivity contribution in [3.8, 4) is 22.5 Å². The minimum atomic E-state index is -1.51. The summed E-state index contributed by atoms with van der Waals surface area (Å²) < 4.78 is 19.7. The van der Waals surface area contributed by atoms with Crippen LogP contribution in [0.25, 0.3) is 22.5 Å². The third kappa shape index (κ3) is 8.25. The Kier molecular flexibility index (Phi) is 11.9. The molecule has 0 aliphatic carbocycles.